The first-order chi connectivity index (χ1) is 13.5. The monoisotopic (exact) mass is 458 g/mol. The van der Waals surface area contributed by atoms with Crippen LogP contribution in [0.1, 0.15) is 31.7 Å². The van der Waals surface area contributed by atoms with E-state index in [0.29, 0.717) is 24.7 Å². The first-order valence-corrected chi connectivity index (χ1v) is 10.6. The van der Waals surface area contributed by atoms with E-state index in [9.17, 15) is 9.59 Å². The molecule has 0 saturated carbocycles. The van der Waals surface area contributed by atoms with E-state index in [4.69, 9.17) is 0 Å². The van der Waals surface area contributed by atoms with E-state index < -0.39 is 0 Å². The van der Waals surface area contributed by atoms with E-state index in [1.165, 1.54) is 12.8 Å². The van der Waals surface area contributed by atoms with Gasteiger partial charge in [0, 0.05) is 38.3 Å². The molecule has 2 heterocycles. The van der Waals surface area contributed by atoms with Gasteiger partial charge in [0.2, 0.25) is 11.8 Å². The van der Waals surface area contributed by atoms with E-state index in [1.54, 1.807) is 0 Å². The molecule has 0 radical (unpaired) electrons. The van der Waals surface area contributed by atoms with Gasteiger partial charge in [0.05, 0.1) is 6.42 Å². The lowest BCUT2D eigenvalue weighted by Crippen LogP contribution is -2.47. The largest absolute Gasteiger partial charge is 0.340 e. The second-order valence-electron chi connectivity index (χ2n) is 8.40. The minimum Gasteiger partial charge on any atom is -0.340 e. The molecule has 30 heavy (non-hydrogen) atoms. The van der Waals surface area contributed by atoms with Crippen LogP contribution in [-0.4, -0.2) is 67.9 Å². The molecular weight excluding hydrogens is 423 g/mol. The number of anilines is 1. The van der Waals surface area contributed by atoms with Crippen LogP contribution in [0.15, 0.2) is 24.3 Å². The molecule has 2 amide bonds. The van der Waals surface area contributed by atoms with Crippen LogP contribution in [0.3, 0.4) is 0 Å². The fraction of sp³-hybridized carbons (Fsp3) is 0.636. The normalized spacial score (nSPS) is 20.5. The van der Waals surface area contributed by atoms with E-state index in [1.807, 2.05) is 29.2 Å². The zero-order valence-electron chi connectivity index (χ0n) is 18.1. The molecule has 0 aromatic heterocycles. The fourth-order valence-electron chi connectivity index (χ4n) is 4.14. The number of carbonyl (C=O) groups is 2. The van der Waals surface area contributed by atoms with E-state index >= 15 is 0 Å². The highest BCUT2D eigenvalue weighted by Crippen LogP contribution is 2.23. The van der Waals surface area contributed by atoms with Gasteiger partial charge in [-0.15, -0.1) is 24.8 Å². The molecule has 2 aliphatic heterocycles. The Morgan fingerprint density at radius 1 is 1.20 bits per heavy atom. The number of carbonyl (C=O) groups excluding carboxylic acids is 2. The second kappa shape index (κ2) is 13.2. The number of benzene rings is 1. The SMILES string of the molecule is CC(CC(=O)Nc1cccc(CC(=O)N2CCN(C)CC2)c1)C1CCCNC1.Cl.Cl. The number of nitrogens with one attached hydrogen (secondary N) is 2. The van der Waals surface area contributed by atoms with Gasteiger partial charge in [0.1, 0.15) is 0 Å². The Balaban J connectivity index is 0.00000225. The lowest BCUT2D eigenvalue weighted by molar-refractivity contribution is -0.132. The summed E-state index contributed by atoms with van der Waals surface area (Å²) in [6.45, 7) is 7.71. The minimum absolute atomic E-state index is 0. The van der Waals surface area contributed by atoms with Crippen LogP contribution >= 0.6 is 24.8 Å². The number of hydrogen-bond acceptors (Lipinski definition) is 4. The number of rotatable bonds is 6. The highest BCUT2D eigenvalue weighted by atomic mass is 35.5. The van der Waals surface area contributed by atoms with Crippen LogP contribution < -0.4 is 10.6 Å². The number of likely N-dealkylation sites (N-methyl/N-ethyl adjacent to an activating group) is 1. The minimum atomic E-state index is 0. The number of piperidine rings is 1. The number of hydrogen-bond donors (Lipinski definition) is 2. The van der Waals surface area contributed by atoms with Crippen molar-refractivity contribution in [1.82, 2.24) is 15.1 Å². The van der Waals surface area contributed by atoms with E-state index in [0.717, 1.165) is 50.5 Å². The van der Waals surface area contributed by atoms with Crippen LogP contribution in [0.5, 0.6) is 0 Å². The summed E-state index contributed by atoms with van der Waals surface area (Å²) in [6.07, 6.45) is 3.32. The van der Waals surface area contributed by atoms with Crippen molar-refractivity contribution in [3.8, 4) is 0 Å². The summed E-state index contributed by atoms with van der Waals surface area (Å²) in [5.41, 5.74) is 1.73. The van der Waals surface area contributed by atoms with Gasteiger partial charge in [-0.25, -0.2) is 0 Å². The molecule has 2 atom stereocenters. The lowest BCUT2D eigenvalue weighted by atomic mass is 9.85. The van der Waals surface area contributed by atoms with Crippen LogP contribution in [0.2, 0.25) is 0 Å². The van der Waals surface area contributed by atoms with Gasteiger partial charge in [-0.3, -0.25) is 9.59 Å². The number of amides is 2. The molecule has 2 aliphatic rings. The van der Waals surface area contributed by atoms with Gasteiger partial charge in [-0.2, -0.15) is 0 Å². The smallest absolute Gasteiger partial charge is 0.227 e. The molecule has 0 aliphatic carbocycles. The third kappa shape index (κ3) is 8.06. The Kier molecular flexibility index (Phi) is 11.7. The van der Waals surface area contributed by atoms with Gasteiger partial charge in [-0.05, 0) is 62.5 Å². The van der Waals surface area contributed by atoms with Crippen molar-refractivity contribution >= 4 is 42.3 Å². The number of piperazine rings is 1. The summed E-state index contributed by atoms with van der Waals surface area (Å²) >= 11 is 0. The van der Waals surface area contributed by atoms with Crippen molar-refractivity contribution in [2.75, 3.05) is 51.6 Å². The first kappa shape index (κ1) is 26.7. The summed E-state index contributed by atoms with van der Waals surface area (Å²) in [7, 11) is 2.08. The standard InChI is InChI=1S/C22H34N4O2.2ClH/c1-17(19-6-4-8-23-16-19)13-21(27)24-20-7-3-5-18(14-20)15-22(28)26-11-9-25(2)10-12-26;;/h3,5,7,14,17,19,23H,4,6,8-13,15-16H2,1-2H3,(H,24,27);2*1H. The van der Waals surface area contributed by atoms with Gasteiger partial charge >= 0.3 is 0 Å². The van der Waals surface area contributed by atoms with Crippen molar-refractivity contribution in [3.63, 3.8) is 0 Å². The highest BCUT2D eigenvalue weighted by Gasteiger charge is 2.22. The highest BCUT2D eigenvalue weighted by molar-refractivity contribution is 5.91. The van der Waals surface area contributed by atoms with Crippen LogP contribution in [0, 0.1) is 11.8 Å². The molecule has 3 rings (SSSR count). The van der Waals surface area contributed by atoms with Crippen molar-refractivity contribution in [1.29, 1.82) is 0 Å². The molecule has 6 nitrogen and oxygen atoms in total. The Morgan fingerprint density at radius 3 is 2.60 bits per heavy atom. The Bertz CT molecular complexity index is 675. The van der Waals surface area contributed by atoms with Gasteiger partial charge in [0.25, 0.3) is 0 Å². The predicted molar refractivity (Wildman–Crippen MR) is 127 cm³/mol. The third-order valence-electron chi connectivity index (χ3n) is 6.07. The Morgan fingerprint density at radius 2 is 1.93 bits per heavy atom. The molecule has 8 heteroatoms. The molecular formula is C22H36Cl2N4O2. The zero-order valence-corrected chi connectivity index (χ0v) is 19.7. The van der Waals surface area contributed by atoms with Crippen LogP contribution in [0.4, 0.5) is 5.69 Å². The van der Waals surface area contributed by atoms with Crippen molar-refractivity contribution in [3.05, 3.63) is 29.8 Å². The summed E-state index contributed by atoms with van der Waals surface area (Å²) in [5.74, 6) is 1.16. The molecule has 170 valence electrons. The first-order valence-electron chi connectivity index (χ1n) is 10.6. The van der Waals surface area contributed by atoms with Gasteiger partial charge in [0.15, 0.2) is 0 Å². The van der Waals surface area contributed by atoms with Crippen LogP contribution in [0.25, 0.3) is 0 Å². The number of halogens is 2. The molecule has 1 aromatic rings. The fourth-order valence-corrected chi connectivity index (χ4v) is 4.14. The van der Waals surface area contributed by atoms with Crippen LogP contribution in [-0.2, 0) is 16.0 Å². The molecule has 0 bridgehead atoms. The van der Waals surface area contributed by atoms with Gasteiger partial charge in [-0.1, -0.05) is 19.1 Å². The van der Waals surface area contributed by atoms with E-state index in [-0.39, 0.29) is 36.6 Å². The van der Waals surface area contributed by atoms with Crippen molar-refractivity contribution in [2.24, 2.45) is 11.8 Å². The average molecular weight is 459 g/mol. The van der Waals surface area contributed by atoms with Crippen molar-refractivity contribution in [2.45, 2.75) is 32.6 Å². The Labute approximate surface area is 193 Å². The quantitative estimate of drug-likeness (QED) is 0.687. The molecule has 2 fully saturated rings. The summed E-state index contributed by atoms with van der Waals surface area (Å²) < 4.78 is 0. The Hall–Kier alpha value is -1.34. The van der Waals surface area contributed by atoms with Crippen molar-refractivity contribution < 1.29 is 9.59 Å². The molecule has 2 unspecified atom stereocenters. The van der Waals surface area contributed by atoms with E-state index in [2.05, 4.69) is 29.5 Å². The maximum absolute atomic E-state index is 12.5. The molecule has 1 aromatic carbocycles. The number of nitrogens with zero attached hydrogens (tertiary/aromatic N) is 2. The maximum Gasteiger partial charge on any atom is 0.227 e. The third-order valence-corrected chi connectivity index (χ3v) is 6.07. The predicted octanol–water partition coefficient (Wildman–Crippen LogP) is 2.81. The summed E-state index contributed by atoms with van der Waals surface area (Å²) in [4.78, 5) is 29.2. The average Bonchev–Trinajstić information content (AvgIpc) is 2.69. The summed E-state index contributed by atoms with van der Waals surface area (Å²) in [6, 6.07) is 7.70. The molecule has 2 N–H and O–H groups in total. The topological polar surface area (TPSA) is 64.7 Å². The van der Waals surface area contributed by atoms with Gasteiger partial charge < -0.3 is 20.4 Å². The second-order valence-corrected chi connectivity index (χ2v) is 8.40. The molecule has 0 spiro atoms. The molecule has 2 saturated heterocycles. The zero-order chi connectivity index (χ0) is 19.9. The maximum atomic E-state index is 12.5. The summed E-state index contributed by atoms with van der Waals surface area (Å²) in [5, 5.41) is 6.44. The lowest BCUT2D eigenvalue weighted by Gasteiger charge is -2.32.